The second-order valence-corrected chi connectivity index (χ2v) is 15.2. The Morgan fingerprint density at radius 2 is 1.16 bits per heavy atom. The second kappa shape index (κ2) is 12.2. The summed E-state index contributed by atoms with van der Waals surface area (Å²) in [7, 11) is 0. The van der Waals surface area contributed by atoms with E-state index >= 15 is 0 Å². The van der Waals surface area contributed by atoms with Crippen molar-refractivity contribution in [2.75, 3.05) is 0 Å². The first-order valence-electron chi connectivity index (χ1n) is 18.5. The SMILES string of the molecule is N#Cc1ccc(-c2cccc3sc4ccc5c(c4c23)-c2ccccc2C5(c2ccccc2)c2ccc(-c3nc4ccccc4n3-c3ccccc3)cc2)cc1. The van der Waals surface area contributed by atoms with Gasteiger partial charge in [0.25, 0.3) is 0 Å². The zero-order valence-corrected chi connectivity index (χ0v) is 30.5. The fourth-order valence-corrected chi connectivity index (χ4v) is 10.2. The summed E-state index contributed by atoms with van der Waals surface area (Å²) in [4.78, 5) is 5.18. The van der Waals surface area contributed by atoms with Crippen LogP contribution in [0.15, 0.2) is 188 Å². The van der Waals surface area contributed by atoms with Gasteiger partial charge in [0.2, 0.25) is 0 Å². The molecule has 55 heavy (non-hydrogen) atoms. The van der Waals surface area contributed by atoms with Gasteiger partial charge in [0, 0.05) is 31.4 Å². The van der Waals surface area contributed by atoms with Gasteiger partial charge in [0.15, 0.2) is 0 Å². The lowest BCUT2D eigenvalue weighted by Gasteiger charge is -2.34. The maximum atomic E-state index is 9.53. The average Bonchev–Trinajstić information content (AvgIpc) is 3.93. The first-order valence-corrected chi connectivity index (χ1v) is 19.3. The van der Waals surface area contributed by atoms with Crippen molar-refractivity contribution in [3.8, 4) is 45.4 Å². The van der Waals surface area contributed by atoms with Crippen LogP contribution in [0.1, 0.15) is 27.8 Å². The van der Waals surface area contributed by atoms with E-state index in [0.717, 1.165) is 33.7 Å². The molecule has 1 aliphatic carbocycles. The highest BCUT2D eigenvalue weighted by Gasteiger charge is 2.47. The molecule has 0 saturated heterocycles. The maximum Gasteiger partial charge on any atom is 0.145 e. The van der Waals surface area contributed by atoms with Gasteiger partial charge in [-0.15, -0.1) is 11.3 Å². The number of hydrogen-bond acceptors (Lipinski definition) is 3. The Kier molecular flexibility index (Phi) is 7.01. The maximum absolute atomic E-state index is 9.53. The van der Waals surface area contributed by atoms with Gasteiger partial charge >= 0.3 is 0 Å². The zero-order chi connectivity index (χ0) is 36.5. The Bertz CT molecular complexity index is 3130. The molecule has 1 aliphatic rings. The second-order valence-electron chi connectivity index (χ2n) is 14.2. The van der Waals surface area contributed by atoms with Crippen LogP contribution in [0.25, 0.3) is 70.5 Å². The van der Waals surface area contributed by atoms with Gasteiger partial charge in [-0.3, -0.25) is 4.57 Å². The van der Waals surface area contributed by atoms with E-state index in [-0.39, 0.29) is 0 Å². The van der Waals surface area contributed by atoms with E-state index in [1.807, 2.05) is 23.5 Å². The summed E-state index contributed by atoms with van der Waals surface area (Å²) in [6, 6.07) is 69.6. The van der Waals surface area contributed by atoms with Crippen LogP contribution < -0.4 is 0 Å². The predicted molar refractivity (Wildman–Crippen MR) is 227 cm³/mol. The summed E-state index contributed by atoms with van der Waals surface area (Å²) in [5.41, 5.74) is 14.2. The molecule has 0 bridgehead atoms. The minimum atomic E-state index is -0.558. The van der Waals surface area contributed by atoms with E-state index in [1.54, 1.807) is 0 Å². The molecule has 1 atom stereocenters. The number of para-hydroxylation sites is 3. The molecular formula is C51H31N3S. The summed E-state index contributed by atoms with van der Waals surface area (Å²) in [5.74, 6) is 0.918. The van der Waals surface area contributed by atoms with E-state index in [2.05, 4.69) is 187 Å². The number of nitriles is 1. The third-order valence-electron chi connectivity index (χ3n) is 11.4. The molecular weight excluding hydrogens is 687 g/mol. The minimum absolute atomic E-state index is 0.558. The lowest BCUT2D eigenvalue weighted by molar-refractivity contribution is 0.769. The first-order chi connectivity index (χ1) is 27.2. The van der Waals surface area contributed by atoms with E-state index < -0.39 is 5.41 Å². The monoisotopic (exact) mass is 717 g/mol. The summed E-state index contributed by atoms with van der Waals surface area (Å²) in [6.07, 6.45) is 0. The topological polar surface area (TPSA) is 41.6 Å². The Balaban J connectivity index is 1.18. The molecule has 4 heteroatoms. The van der Waals surface area contributed by atoms with Crippen molar-refractivity contribution in [2.45, 2.75) is 5.41 Å². The van der Waals surface area contributed by atoms with Crippen LogP contribution in [0.4, 0.5) is 0 Å². The van der Waals surface area contributed by atoms with Crippen LogP contribution in [0.3, 0.4) is 0 Å². The average molecular weight is 718 g/mol. The smallest absolute Gasteiger partial charge is 0.145 e. The van der Waals surface area contributed by atoms with Crippen molar-refractivity contribution in [2.24, 2.45) is 0 Å². The third-order valence-corrected chi connectivity index (χ3v) is 12.5. The molecule has 2 heterocycles. The van der Waals surface area contributed by atoms with Crippen molar-refractivity contribution < 1.29 is 0 Å². The number of rotatable bonds is 5. The summed E-state index contributed by atoms with van der Waals surface area (Å²) >= 11 is 1.85. The molecule has 1 unspecified atom stereocenters. The van der Waals surface area contributed by atoms with Crippen LogP contribution >= 0.6 is 11.3 Å². The molecule has 0 spiro atoms. The van der Waals surface area contributed by atoms with Crippen LogP contribution in [0.5, 0.6) is 0 Å². The molecule has 256 valence electrons. The number of fused-ring (bicyclic) bond motifs is 8. The molecule has 0 N–H and O–H groups in total. The standard InChI is InChI=1S/C51H31N3S/c52-32-33-22-24-34(25-23-33)39-17-11-21-45-48(39)49-46(55-45)31-30-42-47(49)40-16-7-8-18-41(40)51(42,36-12-3-1-4-13-36)37-28-26-35(27-29-37)50-53-43-19-9-10-20-44(43)54(50)38-14-5-2-6-15-38/h1-31H. The Morgan fingerprint density at radius 3 is 1.96 bits per heavy atom. The highest BCUT2D eigenvalue weighted by Crippen LogP contribution is 2.59. The zero-order valence-electron chi connectivity index (χ0n) is 29.6. The quantitative estimate of drug-likeness (QED) is 0.178. The molecule has 0 aliphatic heterocycles. The fourth-order valence-electron chi connectivity index (χ4n) is 9.04. The molecule has 2 aromatic heterocycles. The van der Waals surface area contributed by atoms with Crippen LogP contribution in [-0.4, -0.2) is 9.55 Å². The third kappa shape index (κ3) is 4.58. The van der Waals surface area contributed by atoms with E-state index in [4.69, 9.17) is 4.98 Å². The molecule has 10 aromatic rings. The predicted octanol–water partition coefficient (Wildman–Crippen LogP) is 13.0. The largest absolute Gasteiger partial charge is 0.292 e. The number of imidazole rings is 1. The van der Waals surface area contributed by atoms with Crippen molar-refractivity contribution in [1.29, 1.82) is 5.26 Å². The highest BCUT2D eigenvalue weighted by molar-refractivity contribution is 7.26. The molecule has 0 saturated carbocycles. The number of thiophene rings is 1. The molecule has 0 fully saturated rings. The van der Waals surface area contributed by atoms with E-state index in [9.17, 15) is 5.26 Å². The number of aromatic nitrogens is 2. The summed E-state index contributed by atoms with van der Waals surface area (Å²) in [5, 5.41) is 12.1. The Morgan fingerprint density at radius 1 is 0.509 bits per heavy atom. The fraction of sp³-hybridized carbons (Fsp3) is 0.0196. The van der Waals surface area contributed by atoms with Crippen molar-refractivity contribution in [3.05, 3.63) is 216 Å². The lowest BCUT2D eigenvalue weighted by atomic mass is 9.67. The van der Waals surface area contributed by atoms with Crippen molar-refractivity contribution in [1.82, 2.24) is 9.55 Å². The van der Waals surface area contributed by atoms with Crippen molar-refractivity contribution >= 4 is 42.5 Å². The molecule has 8 aromatic carbocycles. The van der Waals surface area contributed by atoms with E-state index in [1.165, 1.54) is 59.1 Å². The van der Waals surface area contributed by atoms with Gasteiger partial charge < -0.3 is 0 Å². The molecule has 11 rings (SSSR count). The number of benzene rings is 8. The van der Waals surface area contributed by atoms with Crippen LogP contribution in [-0.2, 0) is 5.41 Å². The van der Waals surface area contributed by atoms with Gasteiger partial charge in [-0.25, -0.2) is 4.98 Å². The van der Waals surface area contributed by atoms with Gasteiger partial charge in [-0.05, 0) is 93.0 Å². The van der Waals surface area contributed by atoms with Gasteiger partial charge in [0.05, 0.1) is 28.1 Å². The normalized spacial score (nSPS) is 14.6. The van der Waals surface area contributed by atoms with Gasteiger partial charge in [0.1, 0.15) is 5.82 Å². The Hall–Kier alpha value is -7.06. The van der Waals surface area contributed by atoms with Crippen LogP contribution in [0, 0.1) is 11.3 Å². The first kappa shape index (κ1) is 31.5. The minimum Gasteiger partial charge on any atom is -0.292 e. The van der Waals surface area contributed by atoms with Gasteiger partial charge in [-0.2, -0.15) is 5.26 Å². The number of hydrogen-bond donors (Lipinski definition) is 0. The summed E-state index contributed by atoms with van der Waals surface area (Å²) in [6.45, 7) is 0. The van der Waals surface area contributed by atoms with E-state index in [0.29, 0.717) is 5.56 Å². The van der Waals surface area contributed by atoms with Crippen LogP contribution in [0.2, 0.25) is 0 Å². The highest BCUT2D eigenvalue weighted by atomic mass is 32.1. The lowest BCUT2D eigenvalue weighted by Crippen LogP contribution is -2.28. The Labute approximate surface area is 322 Å². The molecule has 0 radical (unpaired) electrons. The molecule has 3 nitrogen and oxygen atoms in total. The summed E-state index contributed by atoms with van der Waals surface area (Å²) < 4.78 is 4.79. The number of nitrogens with zero attached hydrogens (tertiary/aromatic N) is 3. The molecule has 0 amide bonds. The van der Waals surface area contributed by atoms with Crippen molar-refractivity contribution in [3.63, 3.8) is 0 Å². The van der Waals surface area contributed by atoms with Gasteiger partial charge in [-0.1, -0.05) is 140 Å².